The molecule has 0 saturated heterocycles. The van der Waals surface area contributed by atoms with E-state index in [1.807, 2.05) is 0 Å². The maximum Gasteiger partial charge on any atom is 0.339 e. The van der Waals surface area contributed by atoms with E-state index in [1.165, 1.54) is 6.07 Å². The van der Waals surface area contributed by atoms with Crippen LogP contribution < -0.4 is 5.56 Å². The molecule has 0 aliphatic carbocycles. The van der Waals surface area contributed by atoms with E-state index in [-0.39, 0.29) is 17.7 Å². The number of rotatable bonds is 2. The Kier molecular flexibility index (Phi) is 3.91. The number of pyridine rings is 1. The quantitative estimate of drug-likeness (QED) is 0.647. The number of aromatic nitrogens is 1. The standard InChI is InChI=1S/C12H9ClINO3/c1-2-18-12(17)7-4-11(16)15-10-5-8(13)9(14)3-6(7)10/h3-5H,2H2,1H3,(H,15,16). The second-order valence-corrected chi connectivity index (χ2v) is 5.15. The lowest BCUT2D eigenvalue weighted by Crippen LogP contribution is -2.13. The summed E-state index contributed by atoms with van der Waals surface area (Å²) in [6.07, 6.45) is 0. The molecule has 0 spiro atoms. The average Bonchev–Trinajstić information content (AvgIpc) is 2.30. The van der Waals surface area contributed by atoms with E-state index in [9.17, 15) is 9.59 Å². The molecule has 0 unspecified atom stereocenters. The Morgan fingerprint density at radius 3 is 2.83 bits per heavy atom. The molecule has 1 heterocycles. The topological polar surface area (TPSA) is 59.2 Å². The second kappa shape index (κ2) is 5.27. The summed E-state index contributed by atoms with van der Waals surface area (Å²) in [5, 5.41) is 1.15. The Balaban J connectivity index is 2.76. The Labute approximate surface area is 121 Å². The summed E-state index contributed by atoms with van der Waals surface area (Å²) in [6.45, 7) is 1.98. The molecule has 0 saturated carbocycles. The van der Waals surface area contributed by atoms with E-state index in [2.05, 4.69) is 27.6 Å². The van der Waals surface area contributed by atoms with E-state index >= 15 is 0 Å². The molecule has 1 aromatic carbocycles. The molecular weight excluding hydrogens is 368 g/mol. The number of halogens is 2. The number of hydrogen-bond donors (Lipinski definition) is 1. The highest BCUT2D eigenvalue weighted by molar-refractivity contribution is 14.1. The number of aromatic amines is 1. The van der Waals surface area contributed by atoms with Crippen LogP contribution in [0.25, 0.3) is 10.9 Å². The number of fused-ring (bicyclic) bond motifs is 1. The van der Waals surface area contributed by atoms with Gasteiger partial charge in [0.25, 0.3) is 0 Å². The van der Waals surface area contributed by atoms with Crippen molar-refractivity contribution in [3.05, 3.63) is 42.7 Å². The van der Waals surface area contributed by atoms with Crippen molar-refractivity contribution in [1.82, 2.24) is 4.98 Å². The van der Waals surface area contributed by atoms with Crippen LogP contribution in [-0.2, 0) is 4.74 Å². The van der Waals surface area contributed by atoms with Gasteiger partial charge in [0, 0.05) is 15.0 Å². The third kappa shape index (κ3) is 2.51. The molecule has 0 atom stereocenters. The predicted molar refractivity (Wildman–Crippen MR) is 78.3 cm³/mol. The fourth-order valence-corrected chi connectivity index (χ4v) is 2.26. The third-order valence-electron chi connectivity index (χ3n) is 2.38. The molecule has 6 heteroatoms. The van der Waals surface area contributed by atoms with Crippen LogP contribution in [0.15, 0.2) is 23.0 Å². The van der Waals surface area contributed by atoms with Crippen LogP contribution in [0.2, 0.25) is 5.02 Å². The Bertz CT molecular complexity index is 681. The van der Waals surface area contributed by atoms with Gasteiger partial charge >= 0.3 is 5.97 Å². The predicted octanol–water partition coefficient (Wildman–Crippen LogP) is 2.96. The Morgan fingerprint density at radius 1 is 1.44 bits per heavy atom. The molecule has 94 valence electrons. The molecule has 0 fully saturated rings. The van der Waals surface area contributed by atoms with Gasteiger partial charge in [-0.15, -0.1) is 0 Å². The van der Waals surface area contributed by atoms with E-state index in [4.69, 9.17) is 16.3 Å². The lowest BCUT2D eigenvalue weighted by atomic mass is 10.1. The number of carbonyl (C=O) groups excluding carboxylic acids is 1. The molecule has 0 aliphatic rings. The fraction of sp³-hybridized carbons (Fsp3) is 0.167. The van der Waals surface area contributed by atoms with Crippen molar-refractivity contribution in [2.75, 3.05) is 6.61 Å². The third-order valence-corrected chi connectivity index (χ3v) is 3.90. The highest BCUT2D eigenvalue weighted by Gasteiger charge is 2.14. The Morgan fingerprint density at radius 2 is 2.17 bits per heavy atom. The number of esters is 1. The first-order valence-electron chi connectivity index (χ1n) is 5.22. The van der Waals surface area contributed by atoms with Gasteiger partial charge < -0.3 is 9.72 Å². The molecule has 0 aliphatic heterocycles. The van der Waals surface area contributed by atoms with Gasteiger partial charge in [0.15, 0.2) is 0 Å². The SMILES string of the molecule is CCOC(=O)c1cc(=O)[nH]c2cc(Cl)c(I)cc12. The summed E-state index contributed by atoms with van der Waals surface area (Å²) in [4.78, 5) is 25.9. The van der Waals surface area contributed by atoms with E-state index in [0.29, 0.717) is 15.9 Å². The first-order chi connectivity index (χ1) is 8.52. The van der Waals surface area contributed by atoms with Crippen LogP contribution in [0.3, 0.4) is 0 Å². The van der Waals surface area contributed by atoms with Crippen molar-refractivity contribution in [2.24, 2.45) is 0 Å². The molecule has 2 rings (SSSR count). The smallest absolute Gasteiger partial charge is 0.339 e. The minimum Gasteiger partial charge on any atom is -0.462 e. The number of ether oxygens (including phenoxy) is 1. The van der Waals surface area contributed by atoms with Gasteiger partial charge in [0.1, 0.15) is 0 Å². The van der Waals surface area contributed by atoms with E-state index in [1.54, 1.807) is 19.1 Å². The average molecular weight is 378 g/mol. The second-order valence-electron chi connectivity index (χ2n) is 3.58. The van der Waals surface area contributed by atoms with Crippen molar-refractivity contribution < 1.29 is 9.53 Å². The molecule has 0 amide bonds. The van der Waals surface area contributed by atoms with Gasteiger partial charge in [-0.2, -0.15) is 0 Å². The summed E-state index contributed by atoms with van der Waals surface area (Å²) in [5.74, 6) is -0.508. The Hall–Kier alpha value is -1.08. The van der Waals surface area contributed by atoms with E-state index in [0.717, 1.165) is 3.57 Å². The highest BCUT2D eigenvalue weighted by Crippen LogP contribution is 2.25. The van der Waals surface area contributed by atoms with Crippen molar-refractivity contribution in [2.45, 2.75) is 6.92 Å². The van der Waals surface area contributed by atoms with Crippen LogP contribution in [-0.4, -0.2) is 17.6 Å². The van der Waals surface area contributed by atoms with Crippen molar-refractivity contribution in [1.29, 1.82) is 0 Å². The highest BCUT2D eigenvalue weighted by atomic mass is 127. The summed E-state index contributed by atoms with van der Waals surface area (Å²) >= 11 is 8.05. The summed E-state index contributed by atoms with van der Waals surface area (Å²) in [6, 6.07) is 4.62. The van der Waals surface area contributed by atoms with Crippen LogP contribution in [0.1, 0.15) is 17.3 Å². The van der Waals surface area contributed by atoms with Gasteiger partial charge in [0.05, 0.1) is 22.7 Å². The number of carbonyl (C=O) groups is 1. The monoisotopic (exact) mass is 377 g/mol. The van der Waals surface area contributed by atoms with Crippen LogP contribution in [0.4, 0.5) is 0 Å². The molecule has 2 aromatic rings. The number of benzene rings is 1. The lowest BCUT2D eigenvalue weighted by Gasteiger charge is -2.07. The minimum atomic E-state index is -0.508. The van der Waals surface area contributed by atoms with Crippen molar-refractivity contribution in [3.8, 4) is 0 Å². The van der Waals surface area contributed by atoms with Crippen LogP contribution in [0.5, 0.6) is 0 Å². The first kappa shape index (κ1) is 13.4. The molecule has 1 aromatic heterocycles. The maximum absolute atomic E-state index is 11.8. The normalized spacial score (nSPS) is 10.6. The summed E-state index contributed by atoms with van der Waals surface area (Å²) in [7, 11) is 0. The minimum absolute atomic E-state index is 0.255. The summed E-state index contributed by atoms with van der Waals surface area (Å²) < 4.78 is 5.74. The molecule has 18 heavy (non-hydrogen) atoms. The molecular formula is C12H9ClINO3. The van der Waals surface area contributed by atoms with Gasteiger partial charge in [-0.05, 0) is 41.6 Å². The van der Waals surface area contributed by atoms with Crippen LogP contribution in [0, 0.1) is 3.57 Å². The summed E-state index contributed by atoms with van der Waals surface area (Å²) in [5.41, 5.74) is 0.420. The van der Waals surface area contributed by atoms with Crippen LogP contribution >= 0.6 is 34.2 Å². The zero-order valence-corrected chi connectivity index (χ0v) is 12.3. The molecule has 0 radical (unpaired) electrons. The fourth-order valence-electron chi connectivity index (χ4n) is 1.63. The lowest BCUT2D eigenvalue weighted by molar-refractivity contribution is 0.0528. The van der Waals surface area contributed by atoms with Gasteiger partial charge in [-0.3, -0.25) is 4.79 Å². The zero-order chi connectivity index (χ0) is 13.3. The molecule has 4 nitrogen and oxygen atoms in total. The largest absolute Gasteiger partial charge is 0.462 e. The zero-order valence-electron chi connectivity index (χ0n) is 9.42. The van der Waals surface area contributed by atoms with Gasteiger partial charge in [0.2, 0.25) is 5.56 Å². The molecule has 0 bridgehead atoms. The van der Waals surface area contributed by atoms with E-state index < -0.39 is 5.97 Å². The van der Waals surface area contributed by atoms with Gasteiger partial charge in [-0.1, -0.05) is 11.6 Å². The first-order valence-corrected chi connectivity index (χ1v) is 6.67. The van der Waals surface area contributed by atoms with Gasteiger partial charge in [-0.25, -0.2) is 4.79 Å². The number of hydrogen-bond acceptors (Lipinski definition) is 3. The van der Waals surface area contributed by atoms with Crippen molar-refractivity contribution >= 4 is 51.1 Å². The number of H-pyrrole nitrogens is 1. The number of nitrogens with one attached hydrogen (secondary N) is 1. The molecule has 1 N–H and O–H groups in total. The van der Waals surface area contributed by atoms with Crippen molar-refractivity contribution in [3.63, 3.8) is 0 Å². The maximum atomic E-state index is 11.8.